The minimum atomic E-state index is -0.496. The molecule has 0 saturated heterocycles. The van der Waals surface area contributed by atoms with Crippen LogP contribution in [-0.2, 0) is 0 Å². The molecule has 1 heterocycles. The summed E-state index contributed by atoms with van der Waals surface area (Å²) in [5, 5.41) is 14.6. The minimum Gasteiger partial charge on any atom is -0.493 e. The lowest BCUT2D eigenvalue weighted by atomic mass is 10.2. The van der Waals surface area contributed by atoms with Gasteiger partial charge in [0.15, 0.2) is 0 Å². The van der Waals surface area contributed by atoms with Crippen molar-refractivity contribution in [2.24, 2.45) is 5.10 Å². The highest BCUT2D eigenvalue weighted by molar-refractivity contribution is 5.83. The topological polar surface area (TPSA) is 89.6 Å². The standard InChI is InChI=1S/C16H18N4O3/c1-2-3-10-23-15-7-5-4-6-13(15)11-18-19-16-9-8-14(12-17-16)20(21)22/h4-9,11-12H,2-3,10H2,1H3,(H,17,19)/b18-11-. The SMILES string of the molecule is CCCCOc1ccccc1/C=N\Nc1ccc([N+](=O)[O-])cn1. The Labute approximate surface area is 134 Å². The van der Waals surface area contributed by atoms with Gasteiger partial charge in [0.1, 0.15) is 17.8 Å². The Bertz CT molecular complexity index is 671. The number of anilines is 1. The lowest BCUT2D eigenvalue weighted by Gasteiger charge is -2.08. The first-order chi connectivity index (χ1) is 11.2. The molecule has 0 aliphatic carbocycles. The number of hydrogen-bond acceptors (Lipinski definition) is 6. The molecule has 0 aliphatic rings. The molecule has 0 aliphatic heterocycles. The number of nitro groups is 1. The van der Waals surface area contributed by atoms with Crippen molar-refractivity contribution >= 4 is 17.7 Å². The third kappa shape index (κ3) is 5.06. The second-order valence-corrected chi connectivity index (χ2v) is 4.77. The second kappa shape index (κ2) is 8.47. The first kappa shape index (κ1) is 16.4. The summed E-state index contributed by atoms with van der Waals surface area (Å²) in [5.74, 6) is 1.19. The molecule has 1 aromatic heterocycles. The van der Waals surface area contributed by atoms with Crippen LogP contribution in [0, 0.1) is 10.1 Å². The molecular weight excluding hydrogens is 296 g/mol. The van der Waals surface area contributed by atoms with Crippen molar-refractivity contribution in [2.45, 2.75) is 19.8 Å². The molecule has 0 bridgehead atoms. The highest BCUT2D eigenvalue weighted by atomic mass is 16.6. The molecule has 0 spiro atoms. The van der Waals surface area contributed by atoms with Crippen LogP contribution in [0.25, 0.3) is 0 Å². The summed E-state index contributed by atoms with van der Waals surface area (Å²) in [6.45, 7) is 2.77. The van der Waals surface area contributed by atoms with E-state index in [4.69, 9.17) is 4.74 Å². The summed E-state index contributed by atoms with van der Waals surface area (Å²) >= 11 is 0. The van der Waals surface area contributed by atoms with Gasteiger partial charge in [0.2, 0.25) is 0 Å². The number of ether oxygens (including phenoxy) is 1. The van der Waals surface area contributed by atoms with Crippen molar-refractivity contribution < 1.29 is 9.66 Å². The van der Waals surface area contributed by atoms with Crippen molar-refractivity contribution in [2.75, 3.05) is 12.0 Å². The number of unbranched alkanes of at least 4 members (excludes halogenated alkanes) is 1. The lowest BCUT2D eigenvalue weighted by Crippen LogP contribution is -2.00. The Morgan fingerprint density at radius 2 is 2.17 bits per heavy atom. The molecule has 1 N–H and O–H groups in total. The van der Waals surface area contributed by atoms with Crippen LogP contribution in [0.15, 0.2) is 47.7 Å². The van der Waals surface area contributed by atoms with E-state index >= 15 is 0 Å². The first-order valence-corrected chi connectivity index (χ1v) is 7.32. The quantitative estimate of drug-likeness (QED) is 0.348. The van der Waals surface area contributed by atoms with Gasteiger partial charge in [-0.1, -0.05) is 25.5 Å². The predicted octanol–water partition coefficient (Wildman–Crippen LogP) is 3.61. The molecule has 2 aromatic rings. The monoisotopic (exact) mass is 314 g/mol. The molecular formula is C16H18N4O3. The normalized spacial score (nSPS) is 10.7. The average Bonchev–Trinajstić information content (AvgIpc) is 2.57. The van der Waals surface area contributed by atoms with Crippen LogP contribution in [0.3, 0.4) is 0 Å². The zero-order valence-corrected chi connectivity index (χ0v) is 12.8. The molecule has 0 amide bonds. The van der Waals surface area contributed by atoms with Crippen LogP contribution in [-0.4, -0.2) is 22.7 Å². The van der Waals surface area contributed by atoms with Crippen LogP contribution in [0.2, 0.25) is 0 Å². The van der Waals surface area contributed by atoms with Crippen LogP contribution in [0.5, 0.6) is 5.75 Å². The Balaban J connectivity index is 1.98. The molecule has 1 aromatic carbocycles. The third-order valence-electron chi connectivity index (χ3n) is 3.02. The third-order valence-corrected chi connectivity index (χ3v) is 3.02. The van der Waals surface area contributed by atoms with Gasteiger partial charge in [-0.25, -0.2) is 4.98 Å². The van der Waals surface area contributed by atoms with Gasteiger partial charge in [-0.05, 0) is 24.6 Å². The molecule has 7 nitrogen and oxygen atoms in total. The average molecular weight is 314 g/mol. The largest absolute Gasteiger partial charge is 0.493 e. The molecule has 0 atom stereocenters. The zero-order valence-electron chi connectivity index (χ0n) is 12.8. The molecule has 0 radical (unpaired) electrons. The van der Waals surface area contributed by atoms with Gasteiger partial charge in [-0.3, -0.25) is 15.5 Å². The number of para-hydroxylation sites is 1. The van der Waals surface area contributed by atoms with E-state index in [1.54, 1.807) is 6.21 Å². The summed E-state index contributed by atoms with van der Waals surface area (Å²) < 4.78 is 5.71. The smallest absolute Gasteiger partial charge is 0.287 e. The highest BCUT2D eigenvalue weighted by Gasteiger charge is 2.04. The second-order valence-electron chi connectivity index (χ2n) is 4.77. The van der Waals surface area contributed by atoms with Gasteiger partial charge in [0.25, 0.3) is 5.69 Å². The Morgan fingerprint density at radius 1 is 1.35 bits per heavy atom. The van der Waals surface area contributed by atoms with E-state index in [1.165, 1.54) is 18.3 Å². The van der Waals surface area contributed by atoms with Crippen LogP contribution < -0.4 is 10.2 Å². The van der Waals surface area contributed by atoms with E-state index in [0.29, 0.717) is 12.4 Å². The van der Waals surface area contributed by atoms with Gasteiger partial charge in [0.05, 0.1) is 17.7 Å². The number of nitrogens with one attached hydrogen (secondary N) is 1. The zero-order chi connectivity index (χ0) is 16.5. The van der Waals surface area contributed by atoms with E-state index in [-0.39, 0.29) is 5.69 Å². The number of nitrogens with zero attached hydrogens (tertiary/aromatic N) is 3. The summed E-state index contributed by atoms with van der Waals surface area (Å²) in [6.07, 6.45) is 4.88. The van der Waals surface area contributed by atoms with Gasteiger partial charge in [0, 0.05) is 11.6 Å². The van der Waals surface area contributed by atoms with Gasteiger partial charge >= 0.3 is 0 Å². The molecule has 2 rings (SSSR count). The molecule has 0 unspecified atom stereocenters. The predicted molar refractivity (Wildman–Crippen MR) is 89.0 cm³/mol. The van der Waals surface area contributed by atoms with Gasteiger partial charge in [-0.2, -0.15) is 5.10 Å². The fourth-order valence-corrected chi connectivity index (χ4v) is 1.77. The van der Waals surface area contributed by atoms with Crippen molar-refractivity contribution in [3.05, 3.63) is 58.3 Å². The number of benzene rings is 1. The van der Waals surface area contributed by atoms with Crippen LogP contribution in [0.1, 0.15) is 25.3 Å². The fraction of sp³-hybridized carbons (Fsp3) is 0.250. The van der Waals surface area contributed by atoms with Crippen molar-refractivity contribution in [3.8, 4) is 5.75 Å². The van der Waals surface area contributed by atoms with E-state index < -0.39 is 4.92 Å². The maximum Gasteiger partial charge on any atom is 0.287 e. The number of hydrogen-bond donors (Lipinski definition) is 1. The molecule has 120 valence electrons. The summed E-state index contributed by atoms with van der Waals surface area (Å²) in [6, 6.07) is 10.5. The fourth-order valence-electron chi connectivity index (χ4n) is 1.77. The van der Waals surface area contributed by atoms with E-state index in [9.17, 15) is 10.1 Å². The van der Waals surface area contributed by atoms with Crippen LogP contribution >= 0.6 is 0 Å². The van der Waals surface area contributed by atoms with E-state index in [1.807, 2.05) is 24.3 Å². The van der Waals surface area contributed by atoms with E-state index in [0.717, 1.165) is 24.2 Å². The molecule has 23 heavy (non-hydrogen) atoms. The van der Waals surface area contributed by atoms with E-state index in [2.05, 4.69) is 22.4 Å². The number of hydrazone groups is 1. The number of pyridine rings is 1. The summed E-state index contributed by atoms with van der Waals surface area (Å²) in [5.41, 5.74) is 3.52. The molecule has 7 heteroatoms. The number of aromatic nitrogens is 1. The Hall–Kier alpha value is -2.96. The van der Waals surface area contributed by atoms with Crippen molar-refractivity contribution in [1.29, 1.82) is 0 Å². The summed E-state index contributed by atoms with van der Waals surface area (Å²) in [4.78, 5) is 14.0. The number of rotatable bonds is 8. The Morgan fingerprint density at radius 3 is 2.87 bits per heavy atom. The van der Waals surface area contributed by atoms with Gasteiger partial charge in [-0.15, -0.1) is 0 Å². The maximum absolute atomic E-state index is 10.6. The van der Waals surface area contributed by atoms with Crippen molar-refractivity contribution in [1.82, 2.24) is 4.98 Å². The Kier molecular flexibility index (Phi) is 6.05. The maximum atomic E-state index is 10.6. The molecule has 0 saturated carbocycles. The minimum absolute atomic E-state index is 0.0609. The highest BCUT2D eigenvalue weighted by Crippen LogP contribution is 2.16. The molecule has 0 fully saturated rings. The van der Waals surface area contributed by atoms with Crippen LogP contribution in [0.4, 0.5) is 11.5 Å². The van der Waals surface area contributed by atoms with Crippen molar-refractivity contribution in [3.63, 3.8) is 0 Å². The first-order valence-electron chi connectivity index (χ1n) is 7.32. The lowest BCUT2D eigenvalue weighted by molar-refractivity contribution is -0.385. The summed E-state index contributed by atoms with van der Waals surface area (Å²) in [7, 11) is 0. The van der Waals surface area contributed by atoms with Gasteiger partial charge < -0.3 is 4.74 Å².